The molecule has 0 aliphatic carbocycles. The van der Waals surface area contributed by atoms with E-state index in [1.165, 1.54) is 6.33 Å². The third-order valence-electron chi connectivity index (χ3n) is 2.66. The fraction of sp³-hybridized carbons (Fsp3) is 0.444. The van der Waals surface area contributed by atoms with Crippen molar-refractivity contribution in [2.24, 2.45) is 0 Å². The Morgan fingerprint density at radius 1 is 1.44 bits per heavy atom. The summed E-state index contributed by atoms with van der Waals surface area (Å²) in [6.07, 6.45) is 0.480. The molecule has 2 aromatic rings. The van der Waals surface area contributed by atoms with Gasteiger partial charge in [-0.2, -0.15) is 9.97 Å². The Morgan fingerprint density at radius 3 is 3.00 bits per heavy atom. The Balaban J connectivity index is 2.03. The molecule has 1 unspecified atom stereocenters. The lowest BCUT2D eigenvalue weighted by Crippen LogP contribution is -2.15. The summed E-state index contributed by atoms with van der Waals surface area (Å²) in [6.45, 7) is 0.0862. The van der Waals surface area contributed by atoms with Crippen LogP contribution in [0.2, 0.25) is 0 Å². The average molecular weight is 252 g/mol. The maximum Gasteiger partial charge on any atom is 0.224 e. The van der Waals surface area contributed by atoms with Crippen molar-refractivity contribution in [3.63, 3.8) is 0 Å². The molecular weight excluding hydrogens is 240 g/mol. The van der Waals surface area contributed by atoms with Crippen LogP contribution in [0.4, 0.5) is 11.8 Å². The highest BCUT2D eigenvalue weighted by Crippen LogP contribution is 2.26. The molecule has 0 aromatic carbocycles. The maximum atomic E-state index is 8.94. The first kappa shape index (κ1) is 11.1. The van der Waals surface area contributed by atoms with Gasteiger partial charge < -0.3 is 26.0 Å². The molecule has 96 valence electrons. The summed E-state index contributed by atoms with van der Waals surface area (Å²) >= 11 is 0. The Bertz CT molecular complexity index is 585. The Hall–Kier alpha value is -1.97. The van der Waals surface area contributed by atoms with Gasteiger partial charge in [0.2, 0.25) is 5.95 Å². The van der Waals surface area contributed by atoms with Crippen molar-refractivity contribution in [2.75, 3.05) is 24.7 Å². The molecule has 1 aliphatic heterocycles. The molecule has 0 saturated carbocycles. The van der Waals surface area contributed by atoms with Gasteiger partial charge in [0.1, 0.15) is 5.52 Å². The number of nitrogens with zero attached hydrogens (tertiary/aromatic N) is 4. The molecule has 2 atom stereocenters. The zero-order chi connectivity index (χ0) is 12.7. The average Bonchev–Trinajstić information content (AvgIpc) is 2.93. The largest absolute Gasteiger partial charge is 0.391 e. The van der Waals surface area contributed by atoms with Gasteiger partial charge in [-0.3, -0.25) is 4.57 Å². The number of nitrogens with two attached hydrogens (primary N) is 2. The lowest BCUT2D eigenvalue weighted by atomic mass is 10.5. The zero-order valence-electron chi connectivity index (χ0n) is 9.35. The van der Waals surface area contributed by atoms with Gasteiger partial charge in [0.15, 0.2) is 24.0 Å². The van der Waals surface area contributed by atoms with E-state index in [0.717, 1.165) is 0 Å². The van der Waals surface area contributed by atoms with Crippen LogP contribution >= 0.6 is 0 Å². The SMILES string of the molecule is Nc1nc(N)c2ncn(C3CO[C@H](CO)O3)c2n1. The van der Waals surface area contributed by atoms with Crippen LogP contribution < -0.4 is 11.5 Å². The molecule has 3 heterocycles. The molecule has 0 spiro atoms. The van der Waals surface area contributed by atoms with Crippen molar-refractivity contribution in [3.05, 3.63) is 6.33 Å². The number of fused-ring (bicyclic) bond motifs is 1. The number of imidazole rings is 1. The number of aromatic nitrogens is 4. The van der Waals surface area contributed by atoms with Crippen molar-refractivity contribution in [1.29, 1.82) is 0 Å². The highest BCUT2D eigenvalue weighted by Gasteiger charge is 2.28. The maximum absolute atomic E-state index is 8.94. The standard InChI is InChI=1S/C9H12N6O3/c10-7-6-8(14-9(11)13-7)15(3-12-6)4-2-17-5(1-16)18-4/h3-5,16H,1-2H2,(H4,10,11,13,14)/t4?,5-/m0/s1. The molecular formula is C9H12N6O3. The summed E-state index contributed by atoms with van der Waals surface area (Å²) in [5.41, 5.74) is 12.2. The smallest absolute Gasteiger partial charge is 0.224 e. The first-order valence-corrected chi connectivity index (χ1v) is 5.32. The van der Waals surface area contributed by atoms with Crippen LogP contribution in [0.15, 0.2) is 6.33 Å². The second kappa shape index (κ2) is 4.05. The van der Waals surface area contributed by atoms with Crippen molar-refractivity contribution < 1.29 is 14.6 Å². The lowest BCUT2D eigenvalue weighted by molar-refractivity contribution is -0.0980. The van der Waals surface area contributed by atoms with E-state index in [1.807, 2.05) is 0 Å². The summed E-state index contributed by atoms with van der Waals surface area (Å²) in [4.78, 5) is 12.0. The van der Waals surface area contributed by atoms with Crippen LogP contribution in [0.3, 0.4) is 0 Å². The van der Waals surface area contributed by atoms with Crippen molar-refractivity contribution in [1.82, 2.24) is 19.5 Å². The van der Waals surface area contributed by atoms with Crippen molar-refractivity contribution >= 4 is 22.9 Å². The number of aliphatic hydroxyl groups is 1. The van der Waals surface area contributed by atoms with Crippen LogP contribution in [0.25, 0.3) is 11.2 Å². The van der Waals surface area contributed by atoms with E-state index in [9.17, 15) is 0 Å². The normalized spacial score (nSPS) is 23.8. The molecule has 3 rings (SSSR count). The Labute approximate surface area is 101 Å². The van der Waals surface area contributed by atoms with E-state index in [1.54, 1.807) is 4.57 Å². The molecule has 5 N–H and O–H groups in total. The molecule has 1 fully saturated rings. The molecule has 0 amide bonds. The number of hydrogen-bond donors (Lipinski definition) is 3. The molecule has 1 aliphatic rings. The van der Waals surface area contributed by atoms with E-state index < -0.39 is 12.5 Å². The predicted molar refractivity (Wildman–Crippen MR) is 61.1 cm³/mol. The quantitative estimate of drug-likeness (QED) is 0.610. The second-order valence-corrected chi connectivity index (χ2v) is 3.83. The van der Waals surface area contributed by atoms with E-state index in [-0.39, 0.29) is 18.4 Å². The summed E-state index contributed by atoms with van der Waals surface area (Å²) in [7, 11) is 0. The molecule has 2 aromatic heterocycles. The van der Waals surface area contributed by atoms with E-state index in [4.69, 9.17) is 26.0 Å². The number of rotatable bonds is 2. The van der Waals surface area contributed by atoms with Crippen LogP contribution in [0.1, 0.15) is 6.23 Å². The minimum atomic E-state index is -0.635. The summed E-state index contributed by atoms with van der Waals surface area (Å²) in [5, 5.41) is 8.94. The predicted octanol–water partition coefficient (Wildman–Crippen LogP) is -1.15. The molecule has 0 radical (unpaired) electrons. The number of ether oxygens (including phenoxy) is 2. The number of hydrogen-bond acceptors (Lipinski definition) is 8. The van der Waals surface area contributed by atoms with E-state index >= 15 is 0 Å². The van der Waals surface area contributed by atoms with Gasteiger partial charge in [0.05, 0.1) is 19.5 Å². The number of anilines is 2. The van der Waals surface area contributed by atoms with Crippen LogP contribution in [0.5, 0.6) is 0 Å². The van der Waals surface area contributed by atoms with Crippen molar-refractivity contribution in [2.45, 2.75) is 12.5 Å². The first-order chi connectivity index (χ1) is 8.69. The van der Waals surface area contributed by atoms with Gasteiger partial charge in [-0.1, -0.05) is 0 Å². The summed E-state index contributed by atoms with van der Waals surface area (Å²) < 4.78 is 12.3. The van der Waals surface area contributed by atoms with Gasteiger partial charge >= 0.3 is 0 Å². The third-order valence-corrected chi connectivity index (χ3v) is 2.66. The topological polar surface area (TPSA) is 134 Å². The molecule has 1 saturated heterocycles. The second-order valence-electron chi connectivity index (χ2n) is 3.83. The Kier molecular flexibility index (Phi) is 2.51. The zero-order valence-corrected chi connectivity index (χ0v) is 9.35. The van der Waals surface area contributed by atoms with Gasteiger partial charge in [0, 0.05) is 0 Å². The molecule has 9 heteroatoms. The highest BCUT2D eigenvalue weighted by molar-refractivity contribution is 5.82. The minimum absolute atomic E-state index is 0.0689. The van der Waals surface area contributed by atoms with Gasteiger partial charge in [0.25, 0.3) is 0 Å². The van der Waals surface area contributed by atoms with Crippen LogP contribution in [-0.2, 0) is 9.47 Å². The van der Waals surface area contributed by atoms with E-state index in [0.29, 0.717) is 17.8 Å². The third kappa shape index (κ3) is 1.65. The monoisotopic (exact) mass is 252 g/mol. The fourth-order valence-electron chi connectivity index (χ4n) is 1.85. The van der Waals surface area contributed by atoms with Crippen molar-refractivity contribution in [3.8, 4) is 0 Å². The number of aliphatic hydroxyl groups excluding tert-OH is 1. The fourth-order valence-corrected chi connectivity index (χ4v) is 1.85. The summed E-state index contributed by atoms with van der Waals surface area (Å²) in [5.74, 6) is 0.285. The van der Waals surface area contributed by atoms with Crippen LogP contribution in [0, 0.1) is 0 Å². The molecule has 9 nitrogen and oxygen atoms in total. The molecule has 0 bridgehead atoms. The highest BCUT2D eigenvalue weighted by atomic mass is 16.7. The summed E-state index contributed by atoms with van der Waals surface area (Å²) in [6, 6.07) is 0. The van der Waals surface area contributed by atoms with Crippen LogP contribution in [-0.4, -0.2) is 44.1 Å². The first-order valence-electron chi connectivity index (χ1n) is 5.32. The lowest BCUT2D eigenvalue weighted by Gasteiger charge is -2.11. The molecule has 18 heavy (non-hydrogen) atoms. The number of nitrogen functional groups attached to an aromatic ring is 2. The van der Waals surface area contributed by atoms with Gasteiger partial charge in [-0.05, 0) is 0 Å². The van der Waals surface area contributed by atoms with Gasteiger partial charge in [-0.25, -0.2) is 4.98 Å². The van der Waals surface area contributed by atoms with E-state index in [2.05, 4.69) is 15.0 Å². The Morgan fingerprint density at radius 2 is 2.28 bits per heavy atom. The minimum Gasteiger partial charge on any atom is -0.391 e. The van der Waals surface area contributed by atoms with Gasteiger partial charge in [-0.15, -0.1) is 0 Å².